The smallest absolute Gasteiger partial charge is 0.274 e. The highest BCUT2D eigenvalue weighted by Crippen LogP contribution is 2.20. The maximum Gasteiger partial charge on any atom is 0.274 e. The van der Waals surface area contributed by atoms with E-state index in [2.05, 4.69) is 11.1 Å². The van der Waals surface area contributed by atoms with Crippen molar-refractivity contribution in [1.29, 1.82) is 5.26 Å². The number of carbonyl (C=O) groups excluding carboxylic acids is 1. The first kappa shape index (κ1) is 10.1. The first-order chi connectivity index (χ1) is 7.22. The standard InChI is InChI=1S/C10H11N3OS/c1-7-12-9(6-15-7)10(14)13-4-2-3-8(13)5-11/h6,8H,2-4H2,1H3. The van der Waals surface area contributed by atoms with Crippen molar-refractivity contribution < 1.29 is 4.79 Å². The number of hydrogen-bond acceptors (Lipinski definition) is 4. The number of likely N-dealkylation sites (tertiary alicyclic amines) is 1. The molecule has 0 radical (unpaired) electrons. The fourth-order valence-electron chi connectivity index (χ4n) is 1.75. The van der Waals surface area contributed by atoms with E-state index in [0.29, 0.717) is 12.2 Å². The number of nitrogens with zero attached hydrogens (tertiary/aromatic N) is 3. The van der Waals surface area contributed by atoms with Gasteiger partial charge in [0.15, 0.2) is 0 Å². The van der Waals surface area contributed by atoms with Gasteiger partial charge in [0.2, 0.25) is 0 Å². The number of rotatable bonds is 1. The Morgan fingerprint density at radius 2 is 2.60 bits per heavy atom. The Balaban J connectivity index is 2.18. The lowest BCUT2D eigenvalue weighted by molar-refractivity contribution is 0.0759. The van der Waals surface area contributed by atoms with E-state index >= 15 is 0 Å². The van der Waals surface area contributed by atoms with E-state index in [1.165, 1.54) is 11.3 Å². The molecule has 1 unspecified atom stereocenters. The van der Waals surface area contributed by atoms with E-state index < -0.39 is 0 Å². The second kappa shape index (κ2) is 3.99. The fraction of sp³-hybridized carbons (Fsp3) is 0.500. The molecule has 78 valence electrons. The van der Waals surface area contributed by atoms with Crippen LogP contribution >= 0.6 is 11.3 Å². The van der Waals surface area contributed by atoms with Crippen molar-refractivity contribution in [3.05, 3.63) is 16.1 Å². The van der Waals surface area contributed by atoms with E-state index in [1.807, 2.05) is 6.92 Å². The molecule has 0 N–H and O–H groups in total. The summed E-state index contributed by atoms with van der Waals surface area (Å²) in [5.74, 6) is -0.108. The molecule has 1 aromatic heterocycles. The number of nitriles is 1. The van der Waals surface area contributed by atoms with Gasteiger partial charge in [-0.15, -0.1) is 11.3 Å². The number of aromatic nitrogens is 1. The maximum atomic E-state index is 11.9. The van der Waals surface area contributed by atoms with Crippen LogP contribution in [0.1, 0.15) is 28.3 Å². The number of amides is 1. The summed E-state index contributed by atoms with van der Waals surface area (Å²) in [7, 11) is 0. The van der Waals surface area contributed by atoms with Crippen LogP contribution in [0.3, 0.4) is 0 Å². The Labute approximate surface area is 92.2 Å². The predicted molar refractivity (Wildman–Crippen MR) is 56.5 cm³/mol. The topological polar surface area (TPSA) is 57.0 Å². The summed E-state index contributed by atoms with van der Waals surface area (Å²) in [6, 6.07) is 1.89. The molecule has 0 aromatic carbocycles. The van der Waals surface area contributed by atoms with Crippen molar-refractivity contribution in [2.75, 3.05) is 6.54 Å². The van der Waals surface area contributed by atoms with Gasteiger partial charge >= 0.3 is 0 Å². The maximum absolute atomic E-state index is 11.9. The molecule has 1 fully saturated rings. The fourth-order valence-corrected chi connectivity index (χ4v) is 2.34. The van der Waals surface area contributed by atoms with Gasteiger partial charge in [0.1, 0.15) is 11.7 Å². The lowest BCUT2D eigenvalue weighted by Gasteiger charge is -2.17. The number of thiazole rings is 1. The van der Waals surface area contributed by atoms with Crippen molar-refractivity contribution in [2.24, 2.45) is 0 Å². The summed E-state index contributed by atoms with van der Waals surface area (Å²) in [4.78, 5) is 17.7. The highest BCUT2D eigenvalue weighted by molar-refractivity contribution is 7.09. The van der Waals surface area contributed by atoms with Gasteiger partial charge in [-0.25, -0.2) is 4.98 Å². The monoisotopic (exact) mass is 221 g/mol. The SMILES string of the molecule is Cc1nc(C(=O)N2CCCC2C#N)cs1. The summed E-state index contributed by atoms with van der Waals surface area (Å²) in [5, 5.41) is 11.5. The molecular formula is C10H11N3OS. The molecule has 15 heavy (non-hydrogen) atoms. The molecule has 2 rings (SSSR count). The third-order valence-electron chi connectivity index (χ3n) is 2.50. The molecule has 2 heterocycles. The largest absolute Gasteiger partial charge is 0.321 e. The average molecular weight is 221 g/mol. The van der Waals surface area contributed by atoms with Crippen LogP contribution in [0.2, 0.25) is 0 Å². The molecule has 0 spiro atoms. The van der Waals surface area contributed by atoms with E-state index in [4.69, 9.17) is 5.26 Å². The normalized spacial score (nSPS) is 20.3. The number of aryl methyl sites for hydroxylation is 1. The van der Waals surface area contributed by atoms with Crippen LogP contribution in [0, 0.1) is 18.3 Å². The molecule has 1 aliphatic rings. The van der Waals surface area contributed by atoms with Gasteiger partial charge in [0.25, 0.3) is 5.91 Å². The second-order valence-electron chi connectivity index (χ2n) is 3.54. The third kappa shape index (κ3) is 1.85. The highest BCUT2D eigenvalue weighted by atomic mass is 32.1. The van der Waals surface area contributed by atoms with Crippen molar-refractivity contribution in [2.45, 2.75) is 25.8 Å². The van der Waals surface area contributed by atoms with Crippen molar-refractivity contribution in [1.82, 2.24) is 9.88 Å². The Hall–Kier alpha value is -1.41. The van der Waals surface area contributed by atoms with Crippen LogP contribution in [0.4, 0.5) is 0 Å². The van der Waals surface area contributed by atoms with Crippen LogP contribution in [-0.4, -0.2) is 28.4 Å². The van der Waals surface area contributed by atoms with Gasteiger partial charge in [0.05, 0.1) is 11.1 Å². The molecule has 0 aliphatic carbocycles. The van der Waals surface area contributed by atoms with Gasteiger partial charge in [0, 0.05) is 11.9 Å². The van der Waals surface area contributed by atoms with Crippen molar-refractivity contribution in [3.63, 3.8) is 0 Å². The first-order valence-electron chi connectivity index (χ1n) is 4.85. The van der Waals surface area contributed by atoms with E-state index in [-0.39, 0.29) is 11.9 Å². The summed E-state index contributed by atoms with van der Waals surface area (Å²) >= 11 is 1.46. The molecule has 0 bridgehead atoms. The Kier molecular flexibility index (Phi) is 2.69. The quantitative estimate of drug-likeness (QED) is 0.723. The molecule has 0 saturated carbocycles. The number of carbonyl (C=O) groups is 1. The van der Waals surface area contributed by atoms with Gasteiger partial charge in [-0.2, -0.15) is 5.26 Å². The summed E-state index contributed by atoms with van der Waals surface area (Å²) in [5.41, 5.74) is 0.472. The molecule has 1 aliphatic heterocycles. The van der Waals surface area contributed by atoms with Gasteiger partial charge < -0.3 is 4.90 Å². The van der Waals surface area contributed by atoms with Gasteiger partial charge in [-0.05, 0) is 19.8 Å². The highest BCUT2D eigenvalue weighted by Gasteiger charge is 2.30. The Bertz CT molecular complexity index is 421. The van der Waals surface area contributed by atoms with Gasteiger partial charge in [-0.1, -0.05) is 0 Å². The molecular weight excluding hydrogens is 210 g/mol. The van der Waals surface area contributed by atoms with Crippen LogP contribution in [0.5, 0.6) is 0 Å². The van der Waals surface area contributed by atoms with E-state index in [0.717, 1.165) is 17.8 Å². The zero-order valence-corrected chi connectivity index (χ0v) is 9.25. The summed E-state index contributed by atoms with van der Waals surface area (Å²) < 4.78 is 0. The lowest BCUT2D eigenvalue weighted by Crippen LogP contribution is -2.34. The summed E-state index contributed by atoms with van der Waals surface area (Å²) in [6.07, 6.45) is 1.69. The van der Waals surface area contributed by atoms with Crippen molar-refractivity contribution >= 4 is 17.2 Å². The van der Waals surface area contributed by atoms with Crippen LogP contribution < -0.4 is 0 Å². The zero-order valence-electron chi connectivity index (χ0n) is 8.43. The van der Waals surface area contributed by atoms with E-state index in [1.54, 1.807) is 10.3 Å². The average Bonchev–Trinajstić information content (AvgIpc) is 2.84. The third-order valence-corrected chi connectivity index (χ3v) is 3.27. The van der Waals surface area contributed by atoms with Crippen LogP contribution in [0.15, 0.2) is 5.38 Å². The Morgan fingerprint density at radius 3 is 3.20 bits per heavy atom. The van der Waals surface area contributed by atoms with Crippen LogP contribution in [-0.2, 0) is 0 Å². The van der Waals surface area contributed by atoms with Crippen LogP contribution in [0.25, 0.3) is 0 Å². The molecule has 1 amide bonds. The van der Waals surface area contributed by atoms with E-state index in [9.17, 15) is 4.79 Å². The van der Waals surface area contributed by atoms with Crippen molar-refractivity contribution in [3.8, 4) is 6.07 Å². The lowest BCUT2D eigenvalue weighted by atomic mass is 10.2. The minimum absolute atomic E-state index is 0.108. The van der Waals surface area contributed by atoms with Gasteiger partial charge in [-0.3, -0.25) is 4.79 Å². The molecule has 5 heteroatoms. The minimum Gasteiger partial charge on any atom is -0.321 e. The first-order valence-corrected chi connectivity index (χ1v) is 5.73. The molecule has 1 aromatic rings. The minimum atomic E-state index is -0.264. The zero-order chi connectivity index (χ0) is 10.8. The number of hydrogen-bond donors (Lipinski definition) is 0. The molecule has 1 saturated heterocycles. The second-order valence-corrected chi connectivity index (χ2v) is 4.60. The molecule has 1 atom stereocenters. The predicted octanol–water partition coefficient (Wildman–Crippen LogP) is 1.58. The Morgan fingerprint density at radius 1 is 1.80 bits per heavy atom. The molecule has 4 nitrogen and oxygen atoms in total. The summed E-state index contributed by atoms with van der Waals surface area (Å²) in [6.45, 7) is 2.54.